The molecule has 0 aliphatic heterocycles. The summed E-state index contributed by atoms with van der Waals surface area (Å²) in [5.41, 5.74) is 6.12. The van der Waals surface area contributed by atoms with E-state index in [0.717, 1.165) is 6.42 Å². The highest BCUT2D eigenvalue weighted by molar-refractivity contribution is 5.79. The first-order valence-corrected chi connectivity index (χ1v) is 5.35. The Kier molecular flexibility index (Phi) is 2.18. The molecule has 0 heterocycles. The monoisotopic (exact) mass is 181 g/mol. The fourth-order valence-electron chi connectivity index (χ4n) is 1.87. The Bertz CT molecular complexity index is 209. The lowest BCUT2D eigenvalue weighted by atomic mass is 9.75. The number of hydrogen-bond donors (Lipinski definition) is 2. The number of guanidine groups is 1. The molecule has 0 amide bonds. The molecular weight excluding hydrogens is 162 g/mol. The van der Waals surface area contributed by atoms with Crippen molar-refractivity contribution in [3.05, 3.63) is 0 Å². The minimum atomic E-state index is 0.294. The molecule has 0 unspecified atom stereocenters. The van der Waals surface area contributed by atoms with Crippen LogP contribution in [0.3, 0.4) is 0 Å². The number of aliphatic imine (C=N–C) groups is 1. The van der Waals surface area contributed by atoms with E-state index in [1.807, 2.05) is 0 Å². The van der Waals surface area contributed by atoms with Crippen LogP contribution in [0, 0.1) is 0 Å². The third kappa shape index (κ3) is 1.95. The second-order valence-electron chi connectivity index (χ2n) is 4.36. The maximum absolute atomic E-state index is 5.82. The summed E-state index contributed by atoms with van der Waals surface area (Å²) in [6.07, 6.45) is 7.45. The molecule has 0 aromatic carbocycles. The predicted octanol–water partition coefficient (Wildman–Crippen LogP) is 1.39. The lowest BCUT2D eigenvalue weighted by Crippen LogP contribution is -2.55. The van der Waals surface area contributed by atoms with Crippen LogP contribution in [-0.2, 0) is 0 Å². The molecule has 3 N–H and O–H groups in total. The topological polar surface area (TPSA) is 50.4 Å². The van der Waals surface area contributed by atoms with E-state index < -0.39 is 0 Å². The number of hydrogen-bond acceptors (Lipinski definition) is 1. The zero-order chi connectivity index (χ0) is 9.31. The molecule has 0 bridgehead atoms. The van der Waals surface area contributed by atoms with Gasteiger partial charge in [0.25, 0.3) is 0 Å². The van der Waals surface area contributed by atoms with Gasteiger partial charge in [0.15, 0.2) is 5.96 Å². The van der Waals surface area contributed by atoms with Gasteiger partial charge in [0.2, 0.25) is 0 Å². The Morgan fingerprint density at radius 3 is 2.62 bits per heavy atom. The molecule has 0 saturated heterocycles. The fraction of sp³-hybridized carbons (Fsp3) is 0.900. The smallest absolute Gasteiger partial charge is 0.189 e. The van der Waals surface area contributed by atoms with Crippen LogP contribution < -0.4 is 11.1 Å². The molecular formula is C10H19N3. The number of nitrogens with zero attached hydrogens (tertiary/aromatic N) is 1. The lowest BCUT2D eigenvalue weighted by Gasteiger charge is -2.42. The zero-order valence-corrected chi connectivity index (χ0v) is 8.34. The van der Waals surface area contributed by atoms with E-state index >= 15 is 0 Å². The molecule has 2 aliphatic carbocycles. The van der Waals surface area contributed by atoms with Crippen molar-refractivity contribution in [2.24, 2.45) is 10.7 Å². The van der Waals surface area contributed by atoms with Crippen LogP contribution >= 0.6 is 0 Å². The third-order valence-electron chi connectivity index (χ3n) is 3.25. The molecule has 2 fully saturated rings. The quantitative estimate of drug-likeness (QED) is 0.510. The van der Waals surface area contributed by atoms with E-state index in [0.29, 0.717) is 17.5 Å². The van der Waals surface area contributed by atoms with Crippen LogP contribution in [0.1, 0.15) is 45.4 Å². The van der Waals surface area contributed by atoms with E-state index in [1.54, 1.807) is 0 Å². The van der Waals surface area contributed by atoms with Crippen molar-refractivity contribution in [3.63, 3.8) is 0 Å². The van der Waals surface area contributed by atoms with Crippen LogP contribution in [0.25, 0.3) is 0 Å². The minimum absolute atomic E-state index is 0.294. The van der Waals surface area contributed by atoms with E-state index in [4.69, 9.17) is 5.73 Å². The van der Waals surface area contributed by atoms with Gasteiger partial charge >= 0.3 is 0 Å². The lowest BCUT2D eigenvalue weighted by molar-refractivity contribution is 0.209. The van der Waals surface area contributed by atoms with E-state index in [1.165, 1.54) is 32.1 Å². The molecule has 74 valence electrons. The molecule has 3 heteroatoms. The Labute approximate surface area is 79.8 Å². The summed E-state index contributed by atoms with van der Waals surface area (Å²) < 4.78 is 0. The maximum atomic E-state index is 5.82. The largest absolute Gasteiger partial charge is 0.370 e. The summed E-state index contributed by atoms with van der Waals surface area (Å²) in [5, 5.41) is 3.38. The van der Waals surface area contributed by atoms with Crippen LogP contribution in [0.15, 0.2) is 4.99 Å². The second-order valence-corrected chi connectivity index (χ2v) is 4.36. The highest BCUT2D eigenvalue weighted by atomic mass is 15.2. The molecule has 3 nitrogen and oxygen atoms in total. The fourth-order valence-corrected chi connectivity index (χ4v) is 1.87. The van der Waals surface area contributed by atoms with Gasteiger partial charge in [0.1, 0.15) is 0 Å². The Morgan fingerprint density at radius 1 is 1.54 bits per heavy atom. The van der Waals surface area contributed by atoms with Crippen LogP contribution in [0.5, 0.6) is 0 Å². The summed E-state index contributed by atoms with van der Waals surface area (Å²) in [4.78, 5) is 4.39. The van der Waals surface area contributed by atoms with E-state index in [-0.39, 0.29) is 0 Å². The van der Waals surface area contributed by atoms with Crippen molar-refractivity contribution in [3.8, 4) is 0 Å². The van der Waals surface area contributed by atoms with Crippen LogP contribution in [-0.4, -0.2) is 17.5 Å². The van der Waals surface area contributed by atoms with E-state index in [2.05, 4.69) is 17.2 Å². The summed E-state index contributed by atoms with van der Waals surface area (Å²) in [6, 6.07) is 0.529. The van der Waals surface area contributed by atoms with Crippen molar-refractivity contribution in [2.45, 2.75) is 57.0 Å². The first-order valence-electron chi connectivity index (χ1n) is 5.35. The average molecular weight is 181 g/mol. The van der Waals surface area contributed by atoms with Gasteiger partial charge in [-0.2, -0.15) is 0 Å². The first-order chi connectivity index (χ1) is 6.24. The van der Waals surface area contributed by atoms with Gasteiger partial charge in [-0.05, 0) is 38.5 Å². The van der Waals surface area contributed by atoms with Gasteiger partial charge < -0.3 is 11.1 Å². The van der Waals surface area contributed by atoms with Gasteiger partial charge in [0.05, 0.1) is 6.04 Å². The van der Waals surface area contributed by atoms with Crippen LogP contribution in [0.4, 0.5) is 0 Å². The molecule has 0 atom stereocenters. The molecule has 0 aromatic heterocycles. The Morgan fingerprint density at radius 2 is 2.23 bits per heavy atom. The SMILES string of the molecule is CCC1(NC(N)=NC2CC2)CCC1. The van der Waals surface area contributed by atoms with Gasteiger partial charge in [-0.15, -0.1) is 0 Å². The highest BCUT2D eigenvalue weighted by Gasteiger charge is 2.35. The van der Waals surface area contributed by atoms with Crippen molar-refractivity contribution < 1.29 is 0 Å². The van der Waals surface area contributed by atoms with Crippen LogP contribution in [0.2, 0.25) is 0 Å². The van der Waals surface area contributed by atoms with Gasteiger partial charge in [-0.25, -0.2) is 0 Å². The zero-order valence-electron chi connectivity index (χ0n) is 8.34. The van der Waals surface area contributed by atoms with Gasteiger partial charge in [-0.3, -0.25) is 4.99 Å². The Hall–Kier alpha value is -0.730. The summed E-state index contributed by atoms with van der Waals surface area (Å²) in [5.74, 6) is 0.670. The summed E-state index contributed by atoms with van der Waals surface area (Å²) in [6.45, 7) is 2.22. The molecule has 2 rings (SSSR count). The number of nitrogens with one attached hydrogen (secondary N) is 1. The first kappa shape index (κ1) is 8.85. The van der Waals surface area contributed by atoms with Crippen molar-refractivity contribution in [1.82, 2.24) is 5.32 Å². The summed E-state index contributed by atoms with van der Waals surface area (Å²) >= 11 is 0. The van der Waals surface area contributed by atoms with Crippen molar-refractivity contribution in [2.75, 3.05) is 0 Å². The van der Waals surface area contributed by atoms with Crippen molar-refractivity contribution >= 4 is 5.96 Å². The molecule has 2 aliphatic rings. The molecule has 0 aromatic rings. The molecule has 2 saturated carbocycles. The summed E-state index contributed by atoms with van der Waals surface area (Å²) in [7, 11) is 0. The average Bonchev–Trinajstić information content (AvgIpc) is 2.80. The van der Waals surface area contributed by atoms with Gasteiger partial charge in [-0.1, -0.05) is 6.92 Å². The number of nitrogens with two attached hydrogens (primary N) is 1. The van der Waals surface area contributed by atoms with Gasteiger partial charge in [0, 0.05) is 5.54 Å². The molecule has 0 radical (unpaired) electrons. The molecule has 0 spiro atoms. The maximum Gasteiger partial charge on any atom is 0.189 e. The minimum Gasteiger partial charge on any atom is -0.370 e. The second kappa shape index (κ2) is 3.20. The highest BCUT2D eigenvalue weighted by Crippen LogP contribution is 2.34. The third-order valence-corrected chi connectivity index (χ3v) is 3.25. The van der Waals surface area contributed by atoms with Crippen molar-refractivity contribution in [1.29, 1.82) is 0 Å². The standard InChI is InChI=1S/C10H19N3/c1-2-10(6-3-7-10)13-9(11)12-8-4-5-8/h8H,2-7H2,1H3,(H3,11,12,13). The van der Waals surface area contributed by atoms with E-state index in [9.17, 15) is 0 Å². The number of rotatable bonds is 3. The normalized spacial score (nSPS) is 26.7. The Balaban J connectivity index is 1.87. The molecule has 13 heavy (non-hydrogen) atoms. The predicted molar refractivity (Wildman–Crippen MR) is 54.7 cm³/mol.